The standard InChI is InChI=1S/C34H32N4O4/c39-29-15-7-1-9-23(29)21-35-17-19-37-33(41)32(34(42)38-20-18-36-22-24-10-2-8-16-30(24)40)31-27-13-5-3-11-25(27)26-12-4-6-14-28(26)31/h1-16,21-22,31-32,39-40H,17-20H2,(H,37,41)(H,38,42). The molecule has 4 aromatic rings. The van der Waals surface area contributed by atoms with Crippen LogP contribution in [-0.4, -0.2) is 60.6 Å². The van der Waals surface area contributed by atoms with Crippen molar-refractivity contribution >= 4 is 24.2 Å². The van der Waals surface area contributed by atoms with Gasteiger partial charge < -0.3 is 20.8 Å². The van der Waals surface area contributed by atoms with Gasteiger partial charge in [-0.25, -0.2) is 0 Å². The molecule has 4 aromatic carbocycles. The molecule has 0 saturated carbocycles. The summed E-state index contributed by atoms with van der Waals surface area (Å²) < 4.78 is 0. The Morgan fingerprint density at radius 1 is 0.643 bits per heavy atom. The van der Waals surface area contributed by atoms with E-state index in [1.165, 1.54) is 0 Å². The average Bonchev–Trinajstić information content (AvgIpc) is 3.33. The van der Waals surface area contributed by atoms with Crippen molar-refractivity contribution in [2.24, 2.45) is 15.9 Å². The number of nitrogens with one attached hydrogen (secondary N) is 2. The molecule has 5 rings (SSSR count). The van der Waals surface area contributed by atoms with Gasteiger partial charge in [-0.2, -0.15) is 0 Å². The van der Waals surface area contributed by atoms with Crippen LogP contribution in [0.2, 0.25) is 0 Å². The Morgan fingerprint density at radius 3 is 1.50 bits per heavy atom. The number of hydrogen-bond donors (Lipinski definition) is 4. The Balaban J connectivity index is 1.30. The summed E-state index contributed by atoms with van der Waals surface area (Å²) in [5.74, 6) is -1.99. The van der Waals surface area contributed by atoms with E-state index in [0.717, 1.165) is 22.3 Å². The number of phenols is 2. The van der Waals surface area contributed by atoms with E-state index in [2.05, 4.69) is 20.6 Å². The minimum absolute atomic E-state index is 0.130. The molecule has 8 nitrogen and oxygen atoms in total. The normalized spacial score (nSPS) is 13.1. The summed E-state index contributed by atoms with van der Waals surface area (Å²) in [4.78, 5) is 36.0. The molecule has 0 radical (unpaired) electrons. The van der Waals surface area contributed by atoms with E-state index < -0.39 is 11.8 Å². The SMILES string of the molecule is O=C(NCCN=Cc1ccccc1O)C(C(=O)NCCN=Cc1ccccc1O)C1c2ccccc2-c2ccccc21. The molecule has 0 bridgehead atoms. The maximum atomic E-state index is 13.7. The van der Waals surface area contributed by atoms with Crippen LogP contribution < -0.4 is 10.6 Å². The number of benzene rings is 4. The molecule has 0 spiro atoms. The van der Waals surface area contributed by atoms with Crippen LogP contribution in [0.3, 0.4) is 0 Å². The zero-order valence-corrected chi connectivity index (χ0v) is 23.0. The molecule has 0 fully saturated rings. The number of fused-ring (bicyclic) bond motifs is 3. The van der Waals surface area contributed by atoms with Crippen LogP contribution in [0.1, 0.15) is 28.2 Å². The van der Waals surface area contributed by atoms with Gasteiger partial charge in [0.25, 0.3) is 0 Å². The molecule has 1 aliphatic rings. The Morgan fingerprint density at radius 2 is 1.05 bits per heavy atom. The lowest BCUT2D eigenvalue weighted by atomic mass is 9.82. The van der Waals surface area contributed by atoms with Gasteiger partial charge in [0, 0.05) is 42.6 Å². The van der Waals surface area contributed by atoms with E-state index >= 15 is 0 Å². The predicted octanol–water partition coefficient (Wildman–Crippen LogP) is 4.30. The molecule has 42 heavy (non-hydrogen) atoms. The van der Waals surface area contributed by atoms with Crippen molar-refractivity contribution in [1.82, 2.24) is 10.6 Å². The van der Waals surface area contributed by atoms with Crippen molar-refractivity contribution in [3.8, 4) is 22.6 Å². The zero-order chi connectivity index (χ0) is 29.3. The number of hydrogen-bond acceptors (Lipinski definition) is 6. The Labute approximate surface area is 244 Å². The quantitative estimate of drug-likeness (QED) is 0.124. The summed E-state index contributed by atoms with van der Waals surface area (Å²) in [7, 11) is 0. The topological polar surface area (TPSA) is 123 Å². The lowest BCUT2D eigenvalue weighted by Crippen LogP contribution is -2.45. The number of carbonyl (C=O) groups is 2. The fourth-order valence-electron chi connectivity index (χ4n) is 5.20. The number of aromatic hydroxyl groups is 2. The van der Waals surface area contributed by atoms with Crippen molar-refractivity contribution < 1.29 is 19.8 Å². The molecule has 0 atom stereocenters. The first-order chi connectivity index (χ1) is 20.5. The van der Waals surface area contributed by atoms with Crippen molar-refractivity contribution in [2.45, 2.75) is 5.92 Å². The molecule has 1 aliphatic carbocycles. The second-order valence-corrected chi connectivity index (χ2v) is 9.90. The van der Waals surface area contributed by atoms with Gasteiger partial charge in [0.05, 0.1) is 13.1 Å². The highest BCUT2D eigenvalue weighted by atomic mass is 16.3. The second kappa shape index (κ2) is 13.4. The molecule has 212 valence electrons. The third kappa shape index (κ3) is 6.39. The molecule has 8 heteroatoms. The molecule has 0 aliphatic heterocycles. The first kappa shape index (κ1) is 28.3. The van der Waals surface area contributed by atoms with Crippen LogP contribution >= 0.6 is 0 Å². The van der Waals surface area contributed by atoms with Gasteiger partial charge in [-0.1, -0.05) is 72.8 Å². The summed E-state index contributed by atoms with van der Waals surface area (Å²) in [6, 6.07) is 29.5. The molecule has 0 saturated heterocycles. The highest BCUT2D eigenvalue weighted by Crippen LogP contribution is 2.48. The van der Waals surface area contributed by atoms with Crippen molar-refractivity contribution in [3.05, 3.63) is 119 Å². The number of phenolic OH excluding ortho intramolecular Hbond substituents is 2. The lowest BCUT2D eigenvalue weighted by molar-refractivity contribution is -0.135. The van der Waals surface area contributed by atoms with Crippen LogP contribution in [0.4, 0.5) is 0 Å². The number of rotatable bonds is 11. The summed E-state index contributed by atoms with van der Waals surface area (Å²) in [6.07, 6.45) is 3.12. The van der Waals surface area contributed by atoms with Gasteiger partial charge in [0.15, 0.2) is 0 Å². The van der Waals surface area contributed by atoms with Crippen molar-refractivity contribution in [3.63, 3.8) is 0 Å². The molecule has 0 aromatic heterocycles. The Kier molecular flexibility index (Phi) is 9.03. The fourth-order valence-corrected chi connectivity index (χ4v) is 5.20. The maximum absolute atomic E-state index is 13.7. The third-order valence-corrected chi connectivity index (χ3v) is 7.19. The van der Waals surface area contributed by atoms with Gasteiger partial charge in [0.2, 0.25) is 11.8 Å². The highest BCUT2D eigenvalue weighted by molar-refractivity contribution is 6.03. The third-order valence-electron chi connectivity index (χ3n) is 7.19. The monoisotopic (exact) mass is 560 g/mol. The average molecular weight is 561 g/mol. The van der Waals surface area contributed by atoms with E-state index in [1.807, 2.05) is 48.5 Å². The van der Waals surface area contributed by atoms with Gasteiger partial charge in [-0.15, -0.1) is 0 Å². The zero-order valence-electron chi connectivity index (χ0n) is 23.0. The first-order valence-corrected chi connectivity index (χ1v) is 13.8. The number of para-hydroxylation sites is 2. The van der Waals surface area contributed by atoms with E-state index in [-0.39, 0.29) is 49.5 Å². The molecule has 4 N–H and O–H groups in total. The van der Waals surface area contributed by atoms with Crippen LogP contribution in [0, 0.1) is 5.92 Å². The number of nitrogens with zero attached hydrogens (tertiary/aromatic N) is 2. The summed E-state index contributed by atoms with van der Waals surface area (Å²) in [5, 5.41) is 25.6. The van der Waals surface area contributed by atoms with Crippen LogP contribution in [0.25, 0.3) is 11.1 Å². The van der Waals surface area contributed by atoms with Crippen molar-refractivity contribution in [2.75, 3.05) is 26.2 Å². The van der Waals surface area contributed by atoms with E-state index in [4.69, 9.17) is 0 Å². The number of aliphatic imine (C=N–C) groups is 2. The number of carbonyl (C=O) groups excluding carboxylic acids is 2. The van der Waals surface area contributed by atoms with E-state index in [0.29, 0.717) is 11.1 Å². The van der Waals surface area contributed by atoms with Crippen molar-refractivity contribution in [1.29, 1.82) is 0 Å². The summed E-state index contributed by atoms with van der Waals surface area (Å²) in [6.45, 7) is 1.03. The van der Waals surface area contributed by atoms with Gasteiger partial charge in [-0.3, -0.25) is 19.6 Å². The molecular weight excluding hydrogens is 528 g/mol. The van der Waals surface area contributed by atoms with Crippen LogP contribution in [-0.2, 0) is 9.59 Å². The molecule has 0 unspecified atom stereocenters. The minimum Gasteiger partial charge on any atom is -0.507 e. The largest absolute Gasteiger partial charge is 0.507 e. The van der Waals surface area contributed by atoms with Crippen LogP contribution in [0.15, 0.2) is 107 Å². The van der Waals surface area contributed by atoms with E-state index in [1.54, 1.807) is 61.0 Å². The smallest absolute Gasteiger partial charge is 0.233 e. The lowest BCUT2D eigenvalue weighted by Gasteiger charge is -2.24. The Bertz CT molecular complexity index is 1510. The molecular formula is C34H32N4O4. The maximum Gasteiger partial charge on any atom is 0.233 e. The first-order valence-electron chi connectivity index (χ1n) is 13.8. The van der Waals surface area contributed by atoms with Gasteiger partial charge in [-0.05, 0) is 46.5 Å². The fraction of sp³-hybridized carbons (Fsp3) is 0.176. The van der Waals surface area contributed by atoms with E-state index in [9.17, 15) is 19.8 Å². The highest BCUT2D eigenvalue weighted by Gasteiger charge is 2.41. The molecule has 2 amide bonds. The van der Waals surface area contributed by atoms with Gasteiger partial charge >= 0.3 is 0 Å². The van der Waals surface area contributed by atoms with Crippen LogP contribution in [0.5, 0.6) is 11.5 Å². The molecule has 0 heterocycles. The summed E-state index contributed by atoms with van der Waals surface area (Å²) in [5.41, 5.74) is 5.08. The minimum atomic E-state index is -1.01. The Hall–Kier alpha value is -5.24. The summed E-state index contributed by atoms with van der Waals surface area (Å²) >= 11 is 0. The second-order valence-electron chi connectivity index (χ2n) is 9.90. The number of amides is 2. The van der Waals surface area contributed by atoms with Gasteiger partial charge in [0.1, 0.15) is 17.4 Å². The predicted molar refractivity (Wildman–Crippen MR) is 164 cm³/mol.